The summed E-state index contributed by atoms with van der Waals surface area (Å²) in [7, 11) is 0. The van der Waals surface area contributed by atoms with Crippen molar-refractivity contribution in [1.29, 1.82) is 0 Å². The van der Waals surface area contributed by atoms with Crippen LogP contribution in [0.4, 0.5) is 4.39 Å². The number of aromatic amines is 1. The molecule has 0 spiro atoms. The Hall–Kier alpha value is -3.26. The number of benzene rings is 2. The Morgan fingerprint density at radius 3 is 2.68 bits per heavy atom. The summed E-state index contributed by atoms with van der Waals surface area (Å²) in [6, 6.07) is 12.7. The number of thioether (sulfide) groups is 1. The van der Waals surface area contributed by atoms with E-state index < -0.39 is 11.5 Å². The molecule has 0 radical (unpaired) electrons. The number of aliphatic imine (C=N–C) groups is 1. The minimum absolute atomic E-state index is 0.00938. The van der Waals surface area contributed by atoms with Crippen LogP contribution in [0.15, 0.2) is 58.4 Å². The number of aromatic nitrogens is 3. The number of aliphatic hydroxyl groups excluding tert-OH is 1. The third kappa shape index (κ3) is 9.65. The fraction of sp³-hybridized carbons (Fsp3) is 0.441. The zero-order valence-electron chi connectivity index (χ0n) is 26.7. The van der Waals surface area contributed by atoms with E-state index in [-0.39, 0.29) is 23.7 Å². The molecule has 1 fully saturated rings. The summed E-state index contributed by atoms with van der Waals surface area (Å²) >= 11 is 8.22. The zero-order valence-corrected chi connectivity index (χ0v) is 28.3. The maximum absolute atomic E-state index is 15.1. The summed E-state index contributed by atoms with van der Waals surface area (Å²) in [5.74, 6) is 2.37. The molecule has 1 aliphatic heterocycles. The normalized spacial score (nSPS) is 15.7. The SMILES string of the molecule is C[C@H](N)CCCc1cc(Cl)c(F)c(-c2cc3cn(-c4ccc(CN[C@@H](CO)CCN=C(N)CN5CCSCC5)cc4)c(=O)nc3[nH]2)c1. The molecule has 5 rings (SSSR count). The van der Waals surface area contributed by atoms with Gasteiger partial charge in [0, 0.05) is 66.9 Å². The first kappa shape index (κ1) is 35.1. The largest absolute Gasteiger partial charge is 0.395 e. The number of rotatable bonds is 15. The van der Waals surface area contributed by atoms with Crippen LogP contribution in [0.2, 0.25) is 5.02 Å². The van der Waals surface area contributed by atoms with Crippen LogP contribution in [0.5, 0.6) is 0 Å². The number of amidine groups is 1. The Morgan fingerprint density at radius 2 is 1.96 bits per heavy atom. The lowest BCUT2D eigenvalue weighted by Gasteiger charge is -2.25. The van der Waals surface area contributed by atoms with Crippen molar-refractivity contribution < 1.29 is 9.50 Å². The number of hydrogen-bond acceptors (Lipinski definition) is 8. The van der Waals surface area contributed by atoms with Crippen molar-refractivity contribution in [3.05, 3.63) is 81.1 Å². The summed E-state index contributed by atoms with van der Waals surface area (Å²) in [5.41, 5.74) is 15.3. The maximum Gasteiger partial charge on any atom is 0.354 e. The van der Waals surface area contributed by atoms with Gasteiger partial charge in [0.05, 0.1) is 29.6 Å². The minimum atomic E-state index is -0.527. The van der Waals surface area contributed by atoms with Gasteiger partial charge in [-0.05, 0) is 74.1 Å². The van der Waals surface area contributed by atoms with Crippen LogP contribution in [-0.2, 0) is 13.0 Å². The van der Waals surface area contributed by atoms with Gasteiger partial charge in [0.15, 0.2) is 5.82 Å². The number of hydrogen-bond donors (Lipinski definition) is 5. The Balaban J connectivity index is 1.21. The van der Waals surface area contributed by atoms with E-state index in [1.165, 1.54) is 4.57 Å². The van der Waals surface area contributed by atoms with Crippen LogP contribution in [0, 0.1) is 5.82 Å². The Bertz CT molecular complexity index is 1720. The van der Waals surface area contributed by atoms with Gasteiger partial charge in [-0.2, -0.15) is 16.7 Å². The van der Waals surface area contributed by atoms with E-state index in [0.29, 0.717) is 59.9 Å². The standard InChI is InChI=1S/C34H44ClFN8O2S/c1-22(37)3-2-4-24-15-28(32(36)29(35)16-24)30-17-25-19-44(34(46)42-33(25)41-30)27-7-5-23(6-8-27)18-40-26(21-45)9-10-39-31(38)20-43-11-13-47-14-12-43/h5-8,15-17,19,22,26,40,45H,2-4,9-14,18,20-21,37H2,1H3,(H2,38,39)(H,41,42,46)/t22-,26+/m0/s1. The number of nitrogens with one attached hydrogen (secondary N) is 2. The molecule has 2 aromatic carbocycles. The average molecular weight is 683 g/mol. The molecule has 0 aliphatic carbocycles. The number of aliphatic hydroxyl groups is 1. The molecule has 13 heteroatoms. The molecular weight excluding hydrogens is 639 g/mol. The summed E-state index contributed by atoms with van der Waals surface area (Å²) in [5, 5.41) is 14.0. The summed E-state index contributed by atoms with van der Waals surface area (Å²) in [4.78, 5) is 27.1. The predicted octanol–water partition coefficient (Wildman–Crippen LogP) is 4.09. The van der Waals surface area contributed by atoms with Crippen LogP contribution in [0.1, 0.15) is 37.3 Å². The Morgan fingerprint density at radius 1 is 1.19 bits per heavy atom. The molecule has 0 saturated carbocycles. The quantitative estimate of drug-likeness (QED) is 0.0930. The molecule has 2 aromatic heterocycles. The van der Waals surface area contributed by atoms with Gasteiger partial charge in [-0.25, -0.2) is 9.18 Å². The second kappa shape index (κ2) is 16.7. The predicted molar refractivity (Wildman–Crippen MR) is 191 cm³/mol. The number of nitrogens with two attached hydrogens (primary N) is 2. The van der Waals surface area contributed by atoms with Crippen LogP contribution in [-0.4, -0.2) is 86.8 Å². The topological polar surface area (TPSA) is 151 Å². The molecule has 10 nitrogen and oxygen atoms in total. The van der Waals surface area contributed by atoms with Gasteiger partial charge in [-0.3, -0.25) is 14.5 Å². The van der Waals surface area contributed by atoms with Crippen LogP contribution >= 0.6 is 23.4 Å². The van der Waals surface area contributed by atoms with E-state index in [1.807, 2.05) is 43.0 Å². The lowest BCUT2D eigenvalue weighted by molar-refractivity contribution is 0.236. The highest BCUT2D eigenvalue weighted by molar-refractivity contribution is 7.99. The number of halogens is 2. The van der Waals surface area contributed by atoms with Gasteiger partial charge < -0.3 is 26.9 Å². The van der Waals surface area contributed by atoms with Crippen molar-refractivity contribution in [1.82, 2.24) is 24.8 Å². The van der Waals surface area contributed by atoms with Gasteiger partial charge in [0.1, 0.15) is 11.5 Å². The second-order valence-electron chi connectivity index (χ2n) is 12.2. The van der Waals surface area contributed by atoms with Gasteiger partial charge >= 0.3 is 5.69 Å². The molecule has 252 valence electrons. The van der Waals surface area contributed by atoms with Gasteiger partial charge in [-0.1, -0.05) is 23.7 Å². The first-order valence-electron chi connectivity index (χ1n) is 16.1. The van der Waals surface area contributed by atoms with Crippen molar-refractivity contribution in [3.63, 3.8) is 0 Å². The fourth-order valence-electron chi connectivity index (χ4n) is 5.64. The van der Waals surface area contributed by atoms with E-state index in [0.717, 1.165) is 55.0 Å². The molecule has 7 N–H and O–H groups in total. The average Bonchev–Trinajstić information content (AvgIpc) is 3.47. The molecule has 47 heavy (non-hydrogen) atoms. The molecule has 0 bridgehead atoms. The summed E-state index contributed by atoms with van der Waals surface area (Å²) in [6.45, 7) is 5.81. The number of fused-ring (bicyclic) bond motifs is 1. The van der Waals surface area contributed by atoms with Crippen molar-refractivity contribution in [2.75, 3.05) is 44.3 Å². The van der Waals surface area contributed by atoms with E-state index in [1.54, 1.807) is 24.4 Å². The monoisotopic (exact) mass is 682 g/mol. The third-order valence-electron chi connectivity index (χ3n) is 8.32. The van der Waals surface area contributed by atoms with Gasteiger partial charge in [-0.15, -0.1) is 0 Å². The lowest BCUT2D eigenvalue weighted by atomic mass is 10.0. The Kier molecular flexibility index (Phi) is 12.5. The summed E-state index contributed by atoms with van der Waals surface area (Å²) in [6.07, 6.45) is 4.82. The first-order valence-corrected chi connectivity index (χ1v) is 17.6. The number of H-pyrrole nitrogens is 1. The van der Waals surface area contributed by atoms with Crippen molar-refractivity contribution in [2.45, 2.75) is 51.2 Å². The molecule has 2 atom stereocenters. The molecule has 3 heterocycles. The van der Waals surface area contributed by atoms with E-state index in [2.05, 4.69) is 25.2 Å². The molecule has 1 saturated heterocycles. The number of aryl methyl sites for hydroxylation is 1. The van der Waals surface area contributed by atoms with Gasteiger partial charge in [0.25, 0.3) is 0 Å². The van der Waals surface area contributed by atoms with Crippen LogP contribution < -0.4 is 22.5 Å². The van der Waals surface area contributed by atoms with Crippen molar-refractivity contribution in [2.24, 2.45) is 16.5 Å². The minimum Gasteiger partial charge on any atom is -0.395 e. The van der Waals surface area contributed by atoms with Crippen LogP contribution in [0.25, 0.3) is 28.0 Å². The lowest BCUT2D eigenvalue weighted by Crippen LogP contribution is -2.39. The maximum atomic E-state index is 15.1. The smallest absolute Gasteiger partial charge is 0.354 e. The molecular formula is C34H44ClFN8O2S. The van der Waals surface area contributed by atoms with E-state index >= 15 is 4.39 Å². The molecule has 0 unspecified atom stereocenters. The molecule has 4 aromatic rings. The fourth-order valence-corrected chi connectivity index (χ4v) is 6.86. The number of nitrogens with zero attached hydrogens (tertiary/aromatic N) is 4. The van der Waals surface area contributed by atoms with E-state index in [9.17, 15) is 9.90 Å². The highest BCUT2D eigenvalue weighted by Gasteiger charge is 2.16. The molecule has 1 aliphatic rings. The van der Waals surface area contributed by atoms with Crippen LogP contribution in [0.3, 0.4) is 0 Å². The first-order chi connectivity index (χ1) is 22.7. The van der Waals surface area contributed by atoms with Crippen molar-refractivity contribution in [3.8, 4) is 16.9 Å². The highest BCUT2D eigenvalue weighted by Crippen LogP contribution is 2.31. The second-order valence-corrected chi connectivity index (χ2v) is 13.8. The summed E-state index contributed by atoms with van der Waals surface area (Å²) < 4.78 is 16.6. The molecule has 0 amide bonds. The van der Waals surface area contributed by atoms with Crippen molar-refractivity contribution >= 4 is 40.2 Å². The third-order valence-corrected chi connectivity index (χ3v) is 9.54. The zero-order chi connectivity index (χ0) is 33.3. The Labute approximate surface area is 283 Å². The highest BCUT2D eigenvalue weighted by atomic mass is 35.5. The van der Waals surface area contributed by atoms with Gasteiger partial charge in [0.2, 0.25) is 0 Å². The van der Waals surface area contributed by atoms with E-state index in [4.69, 9.17) is 23.1 Å².